The molecule has 1 unspecified atom stereocenters. The van der Waals surface area contributed by atoms with E-state index in [1.54, 1.807) is 0 Å². The molecule has 3 N–H and O–H groups in total. The fourth-order valence-corrected chi connectivity index (χ4v) is 3.22. The van der Waals surface area contributed by atoms with Gasteiger partial charge in [-0.15, -0.1) is 12.4 Å². The first-order chi connectivity index (χ1) is 11.5. The molecular formula is C18H27ClN2O4. The van der Waals surface area contributed by atoms with Gasteiger partial charge in [-0.05, 0) is 38.8 Å². The van der Waals surface area contributed by atoms with Gasteiger partial charge in [0.2, 0.25) is 5.91 Å². The van der Waals surface area contributed by atoms with Crippen LogP contribution in [0, 0.1) is 0 Å². The Kier molecular flexibility index (Phi) is 6.54. The van der Waals surface area contributed by atoms with Crippen molar-refractivity contribution in [1.29, 1.82) is 0 Å². The number of carbonyl (C=O) groups is 1. The molecule has 2 heterocycles. The predicted molar refractivity (Wildman–Crippen MR) is 97.5 cm³/mol. The Labute approximate surface area is 154 Å². The van der Waals surface area contributed by atoms with Gasteiger partial charge in [0.05, 0.1) is 12.1 Å². The van der Waals surface area contributed by atoms with Gasteiger partial charge in [0.1, 0.15) is 17.6 Å². The molecule has 0 bridgehead atoms. The number of amides is 1. The zero-order valence-electron chi connectivity index (χ0n) is 14.8. The van der Waals surface area contributed by atoms with Gasteiger partial charge in [0, 0.05) is 37.3 Å². The zero-order valence-corrected chi connectivity index (χ0v) is 15.6. The van der Waals surface area contributed by atoms with Gasteiger partial charge in [-0.2, -0.15) is 0 Å². The number of fused-ring (bicyclic) bond motifs is 1. The fourth-order valence-electron chi connectivity index (χ4n) is 3.22. The molecular weight excluding hydrogens is 344 g/mol. The Balaban J connectivity index is 0.00000225. The van der Waals surface area contributed by atoms with Crippen molar-refractivity contribution in [1.82, 2.24) is 5.32 Å². The van der Waals surface area contributed by atoms with Crippen LogP contribution in [0.4, 0.5) is 0 Å². The topological polar surface area (TPSA) is 82.8 Å². The molecule has 1 aromatic carbocycles. The third kappa shape index (κ3) is 4.37. The molecule has 7 heteroatoms. The lowest BCUT2D eigenvalue weighted by molar-refractivity contribution is -0.129. The lowest BCUT2D eigenvalue weighted by Gasteiger charge is -2.31. The quantitative estimate of drug-likeness (QED) is 0.827. The first-order valence-electron chi connectivity index (χ1n) is 8.62. The number of hydrogen-bond acceptors (Lipinski definition) is 5. The number of nitrogens with two attached hydrogens (primary N) is 1. The van der Waals surface area contributed by atoms with Gasteiger partial charge in [-0.3, -0.25) is 4.79 Å². The molecule has 0 aromatic heterocycles. The van der Waals surface area contributed by atoms with Crippen LogP contribution >= 0.6 is 12.4 Å². The largest absolute Gasteiger partial charge is 0.494 e. The average molecular weight is 371 g/mol. The van der Waals surface area contributed by atoms with E-state index >= 15 is 0 Å². The first kappa shape index (κ1) is 19.8. The summed E-state index contributed by atoms with van der Waals surface area (Å²) in [7, 11) is 0. The number of halogens is 1. The van der Waals surface area contributed by atoms with Gasteiger partial charge in [0.15, 0.2) is 0 Å². The second kappa shape index (κ2) is 8.25. The minimum atomic E-state index is -0.841. The summed E-state index contributed by atoms with van der Waals surface area (Å²) in [6, 6.07) is 3.99. The highest BCUT2D eigenvalue weighted by Crippen LogP contribution is 2.35. The Hall–Kier alpha value is -1.50. The smallest absolute Gasteiger partial charge is 0.240 e. The van der Waals surface area contributed by atoms with E-state index in [9.17, 15) is 4.79 Å². The maximum atomic E-state index is 12.5. The lowest BCUT2D eigenvalue weighted by Crippen LogP contribution is -2.56. The van der Waals surface area contributed by atoms with Crippen molar-refractivity contribution in [3.8, 4) is 11.5 Å². The Morgan fingerprint density at radius 3 is 2.80 bits per heavy atom. The molecule has 25 heavy (non-hydrogen) atoms. The highest BCUT2D eigenvalue weighted by atomic mass is 35.5. The van der Waals surface area contributed by atoms with Crippen molar-refractivity contribution in [3.63, 3.8) is 0 Å². The zero-order chi connectivity index (χ0) is 17.2. The molecule has 140 valence electrons. The molecule has 2 aliphatic heterocycles. The van der Waals surface area contributed by atoms with Crippen LogP contribution in [0.5, 0.6) is 11.5 Å². The maximum Gasteiger partial charge on any atom is 0.240 e. The van der Waals surface area contributed by atoms with Crippen LogP contribution in [0.1, 0.15) is 37.8 Å². The number of ether oxygens (including phenoxy) is 3. The van der Waals surface area contributed by atoms with E-state index in [2.05, 4.69) is 5.32 Å². The summed E-state index contributed by atoms with van der Waals surface area (Å²) in [5.41, 5.74) is 7.45. The second-order valence-corrected chi connectivity index (χ2v) is 6.58. The molecule has 1 amide bonds. The van der Waals surface area contributed by atoms with Gasteiger partial charge in [-0.1, -0.05) is 0 Å². The minimum Gasteiger partial charge on any atom is -0.494 e. The lowest BCUT2D eigenvalue weighted by atomic mass is 9.90. The predicted octanol–water partition coefficient (Wildman–Crippen LogP) is 1.95. The third-order valence-electron chi connectivity index (χ3n) is 4.66. The molecule has 0 radical (unpaired) electrons. The molecule has 6 nitrogen and oxygen atoms in total. The van der Waals surface area contributed by atoms with Crippen LogP contribution in [-0.2, 0) is 22.5 Å². The van der Waals surface area contributed by atoms with Gasteiger partial charge < -0.3 is 25.3 Å². The summed E-state index contributed by atoms with van der Waals surface area (Å²) < 4.78 is 16.8. The summed E-state index contributed by atoms with van der Waals surface area (Å²) >= 11 is 0. The van der Waals surface area contributed by atoms with Crippen LogP contribution in [0.25, 0.3) is 0 Å². The number of benzene rings is 1. The van der Waals surface area contributed by atoms with E-state index in [0.29, 0.717) is 39.2 Å². The monoisotopic (exact) mass is 370 g/mol. The van der Waals surface area contributed by atoms with E-state index in [1.165, 1.54) is 0 Å². The van der Waals surface area contributed by atoms with Crippen LogP contribution in [0.2, 0.25) is 0 Å². The van der Waals surface area contributed by atoms with Crippen LogP contribution in [0.3, 0.4) is 0 Å². The Morgan fingerprint density at radius 1 is 1.40 bits per heavy atom. The standard InChI is InChI=1S/C18H26N2O4.ClH/c1-3-23-15-9-13-8-12(2)24-16(13)10-14(15)11-20-17(21)18(19)4-6-22-7-5-18;/h9-10,12H,3-8,11,19H2,1-2H3,(H,20,21);1H. The molecule has 2 aliphatic rings. The van der Waals surface area contributed by atoms with E-state index in [4.69, 9.17) is 19.9 Å². The van der Waals surface area contributed by atoms with Crippen LogP contribution in [0.15, 0.2) is 12.1 Å². The summed E-state index contributed by atoms with van der Waals surface area (Å²) in [6.45, 7) is 6.00. The summed E-state index contributed by atoms with van der Waals surface area (Å²) in [5.74, 6) is 1.54. The van der Waals surface area contributed by atoms with E-state index < -0.39 is 5.54 Å². The molecule has 1 saturated heterocycles. The van der Waals surface area contributed by atoms with Gasteiger partial charge in [-0.25, -0.2) is 0 Å². The highest BCUT2D eigenvalue weighted by Gasteiger charge is 2.35. The first-order valence-corrected chi connectivity index (χ1v) is 8.62. The van der Waals surface area contributed by atoms with Crippen molar-refractivity contribution in [2.75, 3.05) is 19.8 Å². The van der Waals surface area contributed by atoms with Crippen molar-refractivity contribution in [3.05, 3.63) is 23.3 Å². The van der Waals surface area contributed by atoms with Crippen molar-refractivity contribution < 1.29 is 19.0 Å². The number of nitrogens with one attached hydrogen (secondary N) is 1. The molecule has 1 fully saturated rings. The van der Waals surface area contributed by atoms with Gasteiger partial charge >= 0.3 is 0 Å². The van der Waals surface area contributed by atoms with Crippen LogP contribution < -0.4 is 20.5 Å². The summed E-state index contributed by atoms with van der Waals surface area (Å²) in [6.07, 6.45) is 2.15. The molecule has 0 spiro atoms. The van der Waals surface area contributed by atoms with Crippen molar-refractivity contribution in [2.24, 2.45) is 5.73 Å². The fraction of sp³-hybridized carbons (Fsp3) is 0.611. The number of rotatable bonds is 5. The molecule has 1 atom stereocenters. The SMILES string of the molecule is CCOc1cc2c(cc1CNC(=O)C1(N)CCOCC1)OC(C)C2.Cl. The normalized spacial score (nSPS) is 20.8. The molecule has 1 aromatic rings. The van der Waals surface area contributed by atoms with Gasteiger partial charge in [0.25, 0.3) is 0 Å². The summed E-state index contributed by atoms with van der Waals surface area (Å²) in [4.78, 5) is 12.5. The van der Waals surface area contributed by atoms with Crippen molar-refractivity contribution in [2.45, 2.75) is 51.3 Å². The van der Waals surface area contributed by atoms with E-state index in [0.717, 1.165) is 29.0 Å². The van der Waals surface area contributed by atoms with Crippen molar-refractivity contribution >= 4 is 18.3 Å². The third-order valence-corrected chi connectivity index (χ3v) is 4.66. The van der Waals surface area contributed by atoms with Crippen LogP contribution in [-0.4, -0.2) is 37.4 Å². The molecule has 0 saturated carbocycles. The van der Waals surface area contributed by atoms with E-state index in [-0.39, 0.29) is 24.4 Å². The number of carbonyl (C=O) groups excluding carboxylic acids is 1. The van der Waals surface area contributed by atoms with E-state index in [1.807, 2.05) is 26.0 Å². The number of hydrogen-bond donors (Lipinski definition) is 2. The maximum absolute atomic E-state index is 12.5. The summed E-state index contributed by atoms with van der Waals surface area (Å²) in [5, 5.41) is 2.96. The average Bonchev–Trinajstić information content (AvgIpc) is 2.92. The Bertz CT molecular complexity index is 617. The molecule has 0 aliphatic carbocycles. The molecule has 3 rings (SSSR count). The second-order valence-electron chi connectivity index (χ2n) is 6.58. The highest BCUT2D eigenvalue weighted by molar-refractivity contribution is 5.86. The minimum absolute atomic E-state index is 0. The Morgan fingerprint density at radius 2 is 2.12 bits per heavy atom.